The first-order valence-corrected chi connectivity index (χ1v) is 6.48. The largest absolute Gasteiger partial charge is 0.382 e. The van der Waals surface area contributed by atoms with E-state index in [2.05, 4.69) is 33.7 Å². The molecule has 3 rings (SSSR count). The molecular weight excluding hydrogens is 262 g/mol. The maximum absolute atomic E-state index is 5.96. The first kappa shape index (κ1) is 12.9. The number of aromatic nitrogens is 3. The van der Waals surface area contributed by atoms with Crippen molar-refractivity contribution in [3.8, 4) is 0 Å². The zero-order valence-electron chi connectivity index (χ0n) is 11.4. The molecule has 0 aliphatic heterocycles. The third kappa shape index (κ3) is 2.25. The van der Waals surface area contributed by atoms with Gasteiger partial charge < -0.3 is 11.1 Å². The van der Waals surface area contributed by atoms with E-state index in [0.29, 0.717) is 17.0 Å². The van der Waals surface area contributed by atoms with Gasteiger partial charge in [-0.1, -0.05) is 43.5 Å². The number of aromatic amines is 1. The van der Waals surface area contributed by atoms with Gasteiger partial charge in [0.15, 0.2) is 5.82 Å². The zero-order chi connectivity index (χ0) is 14.8. The van der Waals surface area contributed by atoms with Gasteiger partial charge >= 0.3 is 0 Å². The number of benzene rings is 1. The molecule has 4 N–H and O–H groups in total. The summed E-state index contributed by atoms with van der Waals surface area (Å²) in [4.78, 5) is 4.51. The van der Waals surface area contributed by atoms with Crippen LogP contribution >= 0.6 is 0 Å². The van der Waals surface area contributed by atoms with E-state index in [0.717, 1.165) is 21.8 Å². The molecule has 21 heavy (non-hydrogen) atoms. The zero-order valence-corrected chi connectivity index (χ0v) is 11.4. The lowest BCUT2D eigenvalue weighted by molar-refractivity contribution is 1.12. The number of hydrogen-bond donors (Lipinski definition) is 3. The number of fused-ring (bicyclic) bond motifs is 1. The minimum Gasteiger partial charge on any atom is -0.382 e. The summed E-state index contributed by atoms with van der Waals surface area (Å²) in [6, 6.07) is 9.76. The smallest absolute Gasteiger partial charge is 0.156 e. The van der Waals surface area contributed by atoms with Crippen molar-refractivity contribution in [2.75, 3.05) is 11.1 Å². The topological polar surface area (TPSA) is 79.6 Å². The van der Waals surface area contributed by atoms with Crippen molar-refractivity contribution in [3.63, 3.8) is 0 Å². The van der Waals surface area contributed by atoms with Crippen LogP contribution in [-0.4, -0.2) is 15.2 Å². The van der Waals surface area contributed by atoms with E-state index in [1.165, 1.54) is 0 Å². The molecule has 0 radical (unpaired) electrons. The molecule has 2 heterocycles. The second kappa shape index (κ2) is 5.13. The number of nitrogens with zero attached hydrogens (tertiary/aromatic N) is 2. The van der Waals surface area contributed by atoms with Crippen molar-refractivity contribution in [2.45, 2.75) is 0 Å². The van der Waals surface area contributed by atoms with Crippen molar-refractivity contribution >= 4 is 40.9 Å². The van der Waals surface area contributed by atoms with Gasteiger partial charge in [-0.15, -0.1) is 0 Å². The summed E-state index contributed by atoms with van der Waals surface area (Å²) < 4.78 is 0. The molecule has 0 amide bonds. The molecule has 0 bridgehead atoms. The molecule has 0 saturated heterocycles. The van der Waals surface area contributed by atoms with Gasteiger partial charge in [0.05, 0.1) is 16.3 Å². The van der Waals surface area contributed by atoms with Gasteiger partial charge in [-0.2, -0.15) is 5.10 Å². The van der Waals surface area contributed by atoms with E-state index < -0.39 is 0 Å². The number of nitrogen functional groups attached to an aromatic ring is 1. The molecule has 0 aliphatic rings. The highest BCUT2D eigenvalue weighted by Gasteiger charge is 2.11. The van der Waals surface area contributed by atoms with Crippen LogP contribution in [0.15, 0.2) is 43.0 Å². The molecule has 0 saturated carbocycles. The Balaban J connectivity index is 2.27. The van der Waals surface area contributed by atoms with E-state index in [-0.39, 0.29) is 0 Å². The number of para-hydroxylation sites is 1. The van der Waals surface area contributed by atoms with Gasteiger partial charge in [-0.25, -0.2) is 4.98 Å². The summed E-state index contributed by atoms with van der Waals surface area (Å²) in [7, 11) is 0. The average molecular weight is 277 g/mol. The molecule has 5 nitrogen and oxygen atoms in total. The van der Waals surface area contributed by atoms with E-state index >= 15 is 0 Å². The predicted molar refractivity (Wildman–Crippen MR) is 87.5 cm³/mol. The van der Waals surface area contributed by atoms with Gasteiger partial charge in [-0.05, 0) is 12.1 Å². The van der Waals surface area contributed by atoms with Crippen LogP contribution in [-0.2, 0) is 0 Å². The highest BCUT2D eigenvalue weighted by Crippen LogP contribution is 2.24. The van der Waals surface area contributed by atoms with Gasteiger partial charge in [0.25, 0.3) is 0 Å². The standard InChI is InChI=1S/C16H15N5/c1-3-7-12-10(2)18-16(13-14(12)20-21-15(13)17)19-11-8-5-4-6-9-11/h3-9H,1-2H2,(H,18,19)(H3,17,20,21)/b12-7+. The Bertz CT molecular complexity index is 909. The Morgan fingerprint density at radius 3 is 2.71 bits per heavy atom. The number of rotatable bonds is 3. The van der Waals surface area contributed by atoms with Crippen LogP contribution in [0.1, 0.15) is 0 Å². The number of H-pyrrole nitrogens is 1. The van der Waals surface area contributed by atoms with Crippen LogP contribution in [0.2, 0.25) is 0 Å². The number of anilines is 3. The molecule has 5 heteroatoms. The predicted octanol–water partition coefficient (Wildman–Crippen LogP) is 1.66. The van der Waals surface area contributed by atoms with Crippen LogP contribution in [0.5, 0.6) is 0 Å². The molecule has 0 unspecified atom stereocenters. The van der Waals surface area contributed by atoms with Crippen molar-refractivity contribution in [1.29, 1.82) is 0 Å². The second-order valence-corrected chi connectivity index (χ2v) is 4.57. The fraction of sp³-hybridized carbons (Fsp3) is 0. The normalized spacial score (nSPS) is 11.7. The second-order valence-electron chi connectivity index (χ2n) is 4.57. The average Bonchev–Trinajstić information content (AvgIpc) is 2.86. The van der Waals surface area contributed by atoms with Crippen LogP contribution < -0.4 is 21.6 Å². The Hall–Kier alpha value is -3.08. The SMILES string of the molecule is C=C/C=c1\c(=C)nc(Nc2ccccc2)c2c(N)n[nH]c12. The molecule has 0 fully saturated rings. The number of hydrogen-bond acceptors (Lipinski definition) is 4. The van der Waals surface area contributed by atoms with Crippen LogP contribution in [0.3, 0.4) is 0 Å². The van der Waals surface area contributed by atoms with E-state index in [9.17, 15) is 0 Å². The van der Waals surface area contributed by atoms with Crippen molar-refractivity contribution in [1.82, 2.24) is 15.2 Å². The Morgan fingerprint density at radius 2 is 2.00 bits per heavy atom. The Kier molecular flexibility index (Phi) is 3.16. The third-order valence-corrected chi connectivity index (χ3v) is 3.18. The van der Waals surface area contributed by atoms with Crippen LogP contribution in [0.4, 0.5) is 17.3 Å². The summed E-state index contributed by atoms with van der Waals surface area (Å²) in [6.45, 7) is 7.69. The van der Waals surface area contributed by atoms with E-state index in [1.807, 2.05) is 36.4 Å². The van der Waals surface area contributed by atoms with E-state index in [4.69, 9.17) is 5.73 Å². The van der Waals surface area contributed by atoms with Crippen LogP contribution in [0, 0.1) is 0 Å². The van der Waals surface area contributed by atoms with Crippen molar-refractivity contribution in [2.24, 2.45) is 0 Å². The summed E-state index contributed by atoms with van der Waals surface area (Å²) in [5.74, 6) is 1.03. The minimum absolute atomic E-state index is 0.398. The number of pyridine rings is 1. The molecule has 0 spiro atoms. The summed E-state index contributed by atoms with van der Waals surface area (Å²) in [5.41, 5.74) is 7.68. The molecule has 1 aromatic carbocycles. The molecule has 0 atom stereocenters. The van der Waals surface area contributed by atoms with Gasteiger partial charge in [0.2, 0.25) is 0 Å². The first-order chi connectivity index (χ1) is 10.2. The number of nitrogens with two attached hydrogens (primary N) is 1. The van der Waals surface area contributed by atoms with Gasteiger partial charge in [0, 0.05) is 10.9 Å². The third-order valence-electron chi connectivity index (χ3n) is 3.18. The van der Waals surface area contributed by atoms with Crippen LogP contribution in [0.25, 0.3) is 23.6 Å². The molecule has 104 valence electrons. The van der Waals surface area contributed by atoms with E-state index in [1.54, 1.807) is 6.08 Å². The maximum atomic E-state index is 5.96. The van der Waals surface area contributed by atoms with Crippen molar-refractivity contribution < 1.29 is 0 Å². The lowest BCUT2D eigenvalue weighted by Crippen LogP contribution is -2.28. The van der Waals surface area contributed by atoms with Gasteiger partial charge in [0.1, 0.15) is 5.82 Å². The fourth-order valence-corrected chi connectivity index (χ4v) is 2.23. The highest BCUT2D eigenvalue weighted by molar-refractivity contribution is 5.99. The number of nitrogens with one attached hydrogen (secondary N) is 2. The lowest BCUT2D eigenvalue weighted by atomic mass is 10.2. The monoisotopic (exact) mass is 277 g/mol. The quantitative estimate of drug-likeness (QED) is 0.680. The number of allylic oxidation sites excluding steroid dienone is 1. The lowest BCUT2D eigenvalue weighted by Gasteiger charge is -2.07. The highest BCUT2D eigenvalue weighted by atomic mass is 15.2. The Labute approximate surface area is 121 Å². The molecule has 0 aliphatic carbocycles. The first-order valence-electron chi connectivity index (χ1n) is 6.48. The summed E-state index contributed by atoms with van der Waals surface area (Å²) >= 11 is 0. The summed E-state index contributed by atoms with van der Waals surface area (Å²) in [6.07, 6.45) is 3.52. The molecule has 2 aromatic heterocycles. The Morgan fingerprint density at radius 1 is 1.24 bits per heavy atom. The fourth-order valence-electron chi connectivity index (χ4n) is 2.23. The molecular formula is C16H15N5. The maximum Gasteiger partial charge on any atom is 0.156 e. The van der Waals surface area contributed by atoms with Gasteiger partial charge in [-0.3, -0.25) is 5.10 Å². The molecule has 3 aromatic rings. The minimum atomic E-state index is 0.398. The summed E-state index contributed by atoms with van der Waals surface area (Å²) in [5, 5.41) is 12.5. The van der Waals surface area contributed by atoms with Crippen molar-refractivity contribution in [3.05, 3.63) is 53.6 Å².